The summed E-state index contributed by atoms with van der Waals surface area (Å²) >= 11 is 0. The van der Waals surface area contributed by atoms with E-state index < -0.39 is 0 Å². The fraction of sp³-hybridized carbons (Fsp3) is 0.833. The summed E-state index contributed by atoms with van der Waals surface area (Å²) in [4.78, 5) is 13.8. The number of rotatable bonds is 7. The summed E-state index contributed by atoms with van der Waals surface area (Å²) in [6.45, 7) is 2.02. The van der Waals surface area contributed by atoms with E-state index in [1.807, 2.05) is 4.90 Å². The molecule has 4 nitrogen and oxygen atoms in total. The predicted octanol–water partition coefficient (Wildman–Crippen LogP) is 0.891. The Morgan fingerprint density at radius 2 is 2.12 bits per heavy atom. The maximum atomic E-state index is 11.9. The smallest absolute Gasteiger partial charge is 0.236 e. The molecule has 1 amide bonds. The van der Waals surface area contributed by atoms with Crippen molar-refractivity contribution in [3.63, 3.8) is 0 Å². The average molecular weight is 221 g/mol. The van der Waals surface area contributed by atoms with Crippen molar-refractivity contribution in [3.05, 3.63) is 0 Å². The first-order chi connectivity index (χ1) is 7.81. The summed E-state index contributed by atoms with van der Waals surface area (Å²) in [6.07, 6.45) is 5.29. The van der Waals surface area contributed by atoms with Crippen molar-refractivity contribution < 1.29 is 4.79 Å². The molecule has 0 aromatic rings. The van der Waals surface area contributed by atoms with Crippen LogP contribution in [0.5, 0.6) is 0 Å². The molecule has 0 atom stereocenters. The second-order valence-electron chi connectivity index (χ2n) is 4.80. The second-order valence-corrected chi connectivity index (χ2v) is 4.80. The van der Waals surface area contributed by atoms with Crippen molar-refractivity contribution in [3.8, 4) is 6.07 Å². The Kier molecular flexibility index (Phi) is 3.79. The Bertz CT molecular complexity index is 289. The molecular weight excluding hydrogens is 202 g/mol. The van der Waals surface area contributed by atoms with Gasteiger partial charge in [-0.25, -0.2) is 0 Å². The van der Waals surface area contributed by atoms with Gasteiger partial charge >= 0.3 is 0 Å². The molecule has 0 aromatic heterocycles. The van der Waals surface area contributed by atoms with Gasteiger partial charge in [0, 0.05) is 12.6 Å². The molecule has 1 N–H and O–H groups in total. The van der Waals surface area contributed by atoms with E-state index in [0.717, 1.165) is 25.3 Å². The molecule has 2 aliphatic rings. The largest absolute Gasteiger partial charge is 0.338 e. The zero-order valence-corrected chi connectivity index (χ0v) is 9.61. The summed E-state index contributed by atoms with van der Waals surface area (Å²) in [5, 5.41) is 11.8. The first-order valence-electron chi connectivity index (χ1n) is 6.18. The summed E-state index contributed by atoms with van der Waals surface area (Å²) < 4.78 is 0. The van der Waals surface area contributed by atoms with Gasteiger partial charge in [0.05, 0.1) is 19.0 Å². The lowest BCUT2D eigenvalue weighted by Gasteiger charge is -2.21. The fourth-order valence-corrected chi connectivity index (χ4v) is 1.87. The van der Waals surface area contributed by atoms with Crippen LogP contribution < -0.4 is 5.32 Å². The van der Waals surface area contributed by atoms with Crippen LogP contribution in [0.4, 0.5) is 0 Å². The number of hydrogen-bond acceptors (Lipinski definition) is 3. The number of nitrogens with one attached hydrogen (secondary N) is 1. The number of nitriles is 1. The van der Waals surface area contributed by atoms with Crippen LogP contribution in [0, 0.1) is 17.2 Å². The number of carbonyl (C=O) groups excluding carboxylic acids is 1. The van der Waals surface area contributed by atoms with E-state index in [2.05, 4.69) is 11.4 Å². The minimum absolute atomic E-state index is 0.165. The normalized spacial score (nSPS) is 19.2. The molecule has 0 bridgehead atoms. The highest BCUT2D eigenvalue weighted by molar-refractivity contribution is 5.78. The first kappa shape index (κ1) is 11.4. The Hall–Kier alpha value is -1.08. The van der Waals surface area contributed by atoms with Crippen molar-refractivity contribution >= 4 is 5.91 Å². The van der Waals surface area contributed by atoms with Crippen LogP contribution in [-0.4, -0.2) is 36.5 Å². The van der Waals surface area contributed by atoms with Gasteiger partial charge in [0.1, 0.15) is 0 Å². The van der Waals surface area contributed by atoms with Crippen molar-refractivity contribution in [2.24, 2.45) is 5.92 Å². The van der Waals surface area contributed by atoms with Crippen LogP contribution in [0.3, 0.4) is 0 Å². The van der Waals surface area contributed by atoms with E-state index in [1.54, 1.807) is 0 Å². The summed E-state index contributed by atoms with van der Waals surface area (Å²) in [6, 6.07) is 2.53. The molecular formula is C12H19N3O. The quantitative estimate of drug-likeness (QED) is 0.694. The molecule has 0 spiro atoms. The van der Waals surface area contributed by atoms with Gasteiger partial charge in [-0.2, -0.15) is 5.26 Å². The van der Waals surface area contributed by atoms with Gasteiger partial charge in [-0.3, -0.25) is 4.79 Å². The summed E-state index contributed by atoms with van der Waals surface area (Å²) in [7, 11) is 0. The molecule has 2 rings (SSSR count). The lowest BCUT2D eigenvalue weighted by Crippen LogP contribution is -2.40. The fourth-order valence-electron chi connectivity index (χ4n) is 1.87. The minimum Gasteiger partial charge on any atom is -0.338 e. The highest BCUT2D eigenvalue weighted by atomic mass is 16.2. The molecule has 0 saturated heterocycles. The van der Waals surface area contributed by atoms with E-state index in [-0.39, 0.29) is 5.91 Å². The molecule has 0 unspecified atom stereocenters. The molecule has 0 radical (unpaired) electrons. The van der Waals surface area contributed by atoms with Gasteiger partial charge in [0.25, 0.3) is 0 Å². The lowest BCUT2D eigenvalue weighted by molar-refractivity contribution is -0.130. The third-order valence-corrected chi connectivity index (χ3v) is 3.18. The number of hydrogen-bond donors (Lipinski definition) is 1. The minimum atomic E-state index is 0.165. The van der Waals surface area contributed by atoms with Crippen LogP contribution in [0.25, 0.3) is 0 Å². The Labute approximate surface area is 96.6 Å². The van der Waals surface area contributed by atoms with E-state index >= 15 is 0 Å². The molecule has 2 aliphatic carbocycles. The zero-order valence-electron chi connectivity index (χ0n) is 9.61. The van der Waals surface area contributed by atoms with E-state index in [0.29, 0.717) is 25.6 Å². The molecule has 16 heavy (non-hydrogen) atoms. The second kappa shape index (κ2) is 5.31. The predicted molar refractivity (Wildman–Crippen MR) is 60.6 cm³/mol. The van der Waals surface area contributed by atoms with Crippen molar-refractivity contribution in [2.75, 3.05) is 19.6 Å². The number of carbonyl (C=O) groups is 1. The van der Waals surface area contributed by atoms with Gasteiger partial charge in [-0.05, 0) is 38.1 Å². The SMILES string of the molecule is N#CCCN(C(=O)CNCC1CC1)C1CC1. The van der Waals surface area contributed by atoms with Crippen LogP contribution in [-0.2, 0) is 4.79 Å². The summed E-state index contributed by atoms with van der Waals surface area (Å²) in [5.74, 6) is 0.972. The maximum absolute atomic E-state index is 11.9. The zero-order chi connectivity index (χ0) is 11.4. The molecule has 0 aromatic carbocycles. The molecule has 0 heterocycles. The van der Waals surface area contributed by atoms with E-state index in [9.17, 15) is 4.79 Å². The van der Waals surface area contributed by atoms with Gasteiger partial charge in [0.2, 0.25) is 5.91 Å². The highest BCUT2D eigenvalue weighted by Gasteiger charge is 2.32. The van der Waals surface area contributed by atoms with E-state index in [1.165, 1.54) is 12.8 Å². The molecule has 88 valence electrons. The van der Waals surface area contributed by atoms with Crippen LogP contribution in [0.15, 0.2) is 0 Å². The standard InChI is InChI=1S/C12H19N3O/c13-6-1-7-15(11-4-5-11)12(16)9-14-8-10-2-3-10/h10-11,14H,1-5,7-9H2. The Morgan fingerprint density at radius 1 is 1.38 bits per heavy atom. The number of nitrogens with zero attached hydrogens (tertiary/aromatic N) is 2. The molecule has 2 saturated carbocycles. The summed E-state index contributed by atoms with van der Waals surface area (Å²) in [5.41, 5.74) is 0. The molecule has 4 heteroatoms. The van der Waals surface area contributed by atoms with Crippen LogP contribution in [0.2, 0.25) is 0 Å². The topological polar surface area (TPSA) is 56.1 Å². The van der Waals surface area contributed by atoms with Crippen LogP contribution in [0.1, 0.15) is 32.1 Å². The maximum Gasteiger partial charge on any atom is 0.236 e. The third-order valence-electron chi connectivity index (χ3n) is 3.18. The van der Waals surface area contributed by atoms with E-state index in [4.69, 9.17) is 5.26 Å². The Balaban J connectivity index is 1.68. The third kappa shape index (κ3) is 3.49. The van der Waals surface area contributed by atoms with Crippen molar-refractivity contribution in [2.45, 2.75) is 38.1 Å². The lowest BCUT2D eigenvalue weighted by atomic mass is 10.3. The molecule has 0 aliphatic heterocycles. The van der Waals surface area contributed by atoms with Crippen molar-refractivity contribution in [1.82, 2.24) is 10.2 Å². The van der Waals surface area contributed by atoms with Gasteiger partial charge in [-0.15, -0.1) is 0 Å². The van der Waals surface area contributed by atoms with Gasteiger partial charge in [0.15, 0.2) is 0 Å². The number of amides is 1. The highest BCUT2D eigenvalue weighted by Crippen LogP contribution is 2.28. The first-order valence-corrected chi connectivity index (χ1v) is 6.18. The van der Waals surface area contributed by atoms with Gasteiger partial charge in [-0.1, -0.05) is 0 Å². The monoisotopic (exact) mass is 221 g/mol. The Morgan fingerprint density at radius 3 is 2.69 bits per heavy atom. The van der Waals surface area contributed by atoms with Gasteiger partial charge < -0.3 is 10.2 Å². The average Bonchev–Trinajstić information content (AvgIpc) is 3.13. The molecule has 2 fully saturated rings. The van der Waals surface area contributed by atoms with Crippen LogP contribution >= 0.6 is 0 Å². The van der Waals surface area contributed by atoms with Crippen molar-refractivity contribution in [1.29, 1.82) is 5.26 Å².